The van der Waals surface area contributed by atoms with Crippen LogP contribution in [0.4, 0.5) is 0 Å². The highest BCUT2D eigenvalue weighted by Crippen LogP contribution is 2.26. The van der Waals surface area contributed by atoms with Gasteiger partial charge in [-0.1, -0.05) is 36.6 Å². The normalized spacial score (nSPS) is 14.5. The van der Waals surface area contributed by atoms with Crippen molar-refractivity contribution in [1.82, 2.24) is 10.3 Å². The second kappa shape index (κ2) is 7.77. The van der Waals surface area contributed by atoms with Crippen LogP contribution in [-0.2, 0) is 9.53 Å². The van der Waals surface area contributed by atoms with Gasteiger partial charge >= 0.3 is 5.97 Å². The van der Waals surface area contributed by atoms with Crippen LogP contribution in [0.3, 0.4) is 0 Å². The monoisotopic (exact) mass is 364 g/mol. The average Bonchev–Trinajstić information content (AvgIpc) is 3.24. The van der Waals surface area contributed by atoms with Crippen molar-refractivity contribution in [2.45, 2.75) is 31.7 Å². The van der Waals surface area contributed by atoms with E-state index < -0.39 is 5.97 Å². The number of nitrogens with one attached hydrogen (secondary N) is 1. The summed E-state index contributed by atoms with van der Waals surface area (Å²) in [7, 11) is 0. The zero-order valence-electron chi connectivity index (χ0n) is 13.0. The predicted octanol–water partition coefficient (Wildman–Crippen LogP) is 3.68. The molecule has 0 spiro atoms. The van der Waals surface area contributed by atoms with Crippen LogP contribution in [-0.4, -0.2) is 29.5 Å². The summed E-state index contributed by atoms with van der Waals surface area (Å²) in [5, 5.41) is 5.78. The van der Waals surface area contributed by atoms with E-state index in [-0.39, 0.29) is 24.2 Å². The molecule has 1 aromatic heterocycles. The molecule has 3 rings (SSSR count). The van der Waals surface area contributed by atoms with Crippen molar-refractivity contribution >= 4 is 34.8 Å². The third-order valence-corrected chi connectivity index (χ3v) is 4.97. The minimum Gasteiger partial charge on any atom is -0.451 e. The lowest BCUT2D eigenvalue weighted by molar-refractivity contribution is -0.124. The molecule has 0 radical (unpaired) electrons. The number of carbonyl (C=O) groups is 2. The predicted molar refractivity (Wildman–Crippen MR) is 93.2 cm³/mol. The largest absolute Gasteiger partial charge is 0.451 e. The Hall–Kier alpha value is -1.92. The molecule has 0 unspecified atom stereocenters. The van der Waals surface area contributed by atoms with Crippen LogP contribution >= 0.6 is 22.9 Å². The number of thiazole rings is 1. The molecule has 1 saturated carbocycles. The van der Waals surface area contributed by atoms with E-state index >= 15 is 0 Å². The van der Waals surface area contributed by atoms with Crippen molar-refractivity contribution < 1.29 is 14.3 Å². The third-order valence-electron chi connectivity index (χ3n) is 3.84. The minimum atomic E-state index is -0.596. The van der Waals surface area contributed by atoms with Gasteiger partial charge < -0.3 is 10.1 Å². The molecule has 1 amide bonds. The molecule has 126 valence electrons. The Bertz CT molecular complexity index is 741. The standard InChI is InChI=1S/C17H17ClN2O3S/c18-12-5-3-4-11(8-12)16-20-14(10-24-16)17(22)23-9-15(21)19-13-6-1-2-7-13/h3-5,8,10,13H,1-2,6-7,9H2,(H,19,21). The van der Waals surface area contributed by atoms with Gasteiger partial charge in [-0.25, -0.2) is 9.78 Å². The average molecular weight is 365 g/mol. The first kappa shape index (κ1) is 16.9. The topological polar surface area (TPSA) is 68.3 Å². The van der Waals surface area contributed by atoms with Crippen molar-refractivity contribution in [2.24, 2.45) is 0 Å². The minimum absolute atomic E-state index is 0.198. The summed E-state index contributed by atoms with van der Waals surface area (Å²) in [6.07, 6.45) is 4.26. The molecule has 7 heteroatoms. The van der Waals surface area contributed by atoms with Gasteiger partial charge in [-0.15, -0.1) is 11.3 Å². The van der Waals surface area contributed by atoms with Gasteiger partial charge in [-0.3, -0.25) is 4.79 Å². The highest BCUT2D eigenvalue weighted by molar-refractivity contribution is 7.13. The molecule has 1 fully saturated rings. The molecule has 2 aromatic rings. The fraction of sp³-hybridized carbons (Fsp3) is 0.353. The molecule has 0 aliphatic heterocycles. The number of aromatic nitrogens is 1. The third kappa shape index (κ3) is 4.33. The zero-order valence-corrected chi connectivity index (χ0v) is 14.5. The fourth-order valence-electron chi connectivity index (χ4n) is 2.67. The van der Waals surface area contributed by atoms with Crippen molar-refractivity contribution in [1.29, 1.82) is 0 Å². The first-order valence-corrected chi connectivity index (χ1v) is 9.05. The van der Waals surface area contributed by atoms with E-state index in [1.54, 1.807) is 17.5 Å². The van der Waals surface area contributed by atoms with Gasteiger partial charge in [0.1, 0.15) is 5.01 Å². The summed E-state index contributed by atoms with van der Waals surface area (Å²) in [5.74, 6) is -0.860. The number of amides is 1. The summed E-state index contributed by atoms with van der Waals surface area (Å²) in [6.45, 7) is -0.278. The van der Waals surface area contributed by atoms with E-state index in [1.807, 2.05) is 12.1 Å². The van der Waals surface area contributed by atoms with Gasteiger partial charge in [0.05, 0.1) is 0 Å². The number of esters is 1. The lowest BCUT2D eigenvalue weighted by Crippen LogP contribution is -2.35. The second-order valence-electron chi connectivity index (χ2n) is 5.67. The summed E-state index contributed by atoms with van der Waals surface area (Å²) in [6, 6.07) is 7.46. The molecule has 1 N–H and O–H groups in total. The van der Waals surface area contributed by atoms with Crippen LogP contribution < -0.4 is 5.32 Å². The molecule has 1 heterocycles. The molecule has 1 aromatic carbocycles. The maximum atomic E-state index is 12.0. The van der Waals surface area contributed by atoms with Crippen LogP contribution in [0.1, 0.15) is 36.2 Å². The van der Waals surface area contributed by atoms with Gasteiger partial charge in [0.2, 0.25) is 0 Å². The van der Waals surface area contributed by atoms with Gasteiger partial charge in [0, 0.05) is 22.0 Å². The molecule has 0 atom stereocenters. The molecular formula is C17H17ClN2O3S. The Kier molecular flexibility index (Phi) is 5.48. The van der Waals surface area contributed by atoms with Crippen LogP contribution in [0.15, 0.2) is 29.6 Å². The Balaban J connectivity index is 1.54. The first-order valence-electron chi connectivity index (χ1n) is 7.80. The summed E-state index contributed by atoms with van der Waals surface area (Å²) in [4.78, 5) is 28.0. The molecule has 1 aliphatic rings. The van der Waals surface area contributed by atoms with E-state index in [9.17, 15) is 9.59 Å². The number of ether oxygens (including phenoxy) is 1. The maximum absolute atomic E-state index is 12.0. The van der Waals surface area contributed by atoms with E-state index in [0.717, 1.165) is 31.2 Å². The number of halogens is 1. The zero-order chi connectivity index (χ0) is 16.9. The lowest BCUT2D eigenvalue weighted by atomic mass is 10.2. The second-order valence-corrected chi connectivity index (χ2v) is 6.97. The summed E-state index contributed by atoms with van der Waals surface area (Å²) in [5.41, 5.74) is 1.04. The maximum Gasteiger partial charge on any atom is 0.358 e. The van der Waals surface area contributed by atoms with Crippen LogP contribution in [0.5, 0.6) is 0 Å². The van der Waals surface area contributed by atoms with Crippen molar-refractivity contribution in [3.05, 3.63) is 40.4 Å². The van der Waals surface area contributed by atoms with E-state index in [2.05, 4.69) is 10.3 Å². The Labute approximate surface area is 149 Å². The summed E-state index contributed by atoms with van der Waals surface area (Å²) < 4.78 is 5.04. The van der Waals surface area contributed by atoms with Crippen molar-refractivity contribution in [2.75, 3.05) is 6.61 Å². The number of carbonyl (C=O) groups excluding carboxylic acids is 2. The lowest BCUT2D eigenvalue weighted by Gasteiger charge is -2.11. The van der Waals surface area contributed by atoms with Crippen molar-refractivity contribution in [3.8, 4) is 10.6 Å². The summed E-state index contributed by atoms with van der Waals surface area (Å²) >= 11 is 7.29. The van der Waals surface area contributed by atoms with Crippen LogP contribution in [0.2, 0.25) is 5.02 Å². The van der Waals surface area contributed by atoms with Crippen LogP contribution in [0, 0.1) is 0 Å². The molecular weight excluding hydrogens is 348 g/mol. The molecule has 5 nitrogen and oxygen atoms in total. The highest BCUT2D eigenvalue weighted by Gasteiger charge is 2.19. The number of hydrogen-bond acceptors (Lipinski definition) is 5. The molecule has 0 saturated heterocycles. The van der Waals surface area contributed by atoms with Crippen LogP contribution in [0.25, 0.3) is 10.6 Å². The van der Waals surface area contributed by atoms with Gasteiger partial charge in [0.15, 0.2) is 12.3 Å². The molecule has 24 heavy (non-hydrogen) atoms. The van der Waals surface area contributed by atoms with Crippen molar-refractivity contribution in [3.63, 3.8) is 0 Å². The number of benzene rings is 1. The van der Waals surface area contributed by atoms with Gasteiger partial charge in [-0.05, 0) is 25.0 Å². The van der Waals surface area contributed by atoms with E-state index in [1.165, 1.54) is 11.3 Å². The van der Waals surface area contributed by atoms with E-state index in [4.69, 9.17) is 16.3 Å². The first-order chi connectivity index (χ1) is 11.6. The number of nitrogens with zero attached hydrogens (tertiary/aromatic N) is 1. The Morgan fingerprint density at radius 1 is 1.33 bits per heavy atom. The van der Waals surface area contributed by atoms with Gasteiger partial charge in [-0.2, -0.15) is 0 Å². The van der Waals surface area contributed by atoms with Gasteiger partial charge in [0.25, 0.3) is 5.91 Å². The number of hydrogen-bond donors (Lipinski definition) is 1. The highest BCUT2D eigenvalue weighted by atomic mass is 35.5. The number of rotatable bonds is 5. The smallest absolute Gasteiger partial charge is 0.358 e. The fourth-order valence-corrected chi connectivity index (χ4v) is 3.64. The van der Waals surface area contributed by atoms with E-state index in [0.29, 0.717) is 10.0 Å². The molecule has 1 aliphatic carbocycles. The Morgan fingerprint density at radius 3 is 2.88 bits per heavy atom. The quantitative estimate of drug-likeness (QED) is 0.822. The molecule has 0 bridgehead atoms. The SMILES string of the molecule is O=C(COC(=O)c1csc(-c2cccc(Cl)c2)n1)NC1CCCC1. The Morgan fingerprint density at radius 2 is 2.12 bits per heavy atom.